The second-order valence-electron chi connectivity index (χ2n) is 5.80. The summed E-state index contributed by atoms with van der Waals surface area (Å²) in [6.07, 6.45) is 8.80. The highest BCUT2D eigenvalue weighted by molar-refractivity contribution is 5.16. The van der Waals surface area contributed by atoms with Gasteiger partial charge in [0.2, 0.25) is 0 Å². The van der Waals surface area contributed by atoms with E-state index in [0.29, 0.717) is 5.92 Å². The number of nitrogens with zero attached hydrogens (tertiary/aromatic N) is 3. The zero-order valence-corrected chi connectivity index (χ0v) is 12.1. The zero-order valence-electron chi connectivity index (χ0n) is 12.1. The van der Waals surface area contributed by atoms with E-state index < -0.39 is 0 Å². The summed E-state index contributed by atoms with van der Waals surface area (Å²) >= 11 is 0. The minimum atomic E-state index is -0.154. The van der Waals surface area contributed by atoms with Crippen LogP contribution in [0.3, 0.4) is 0 Å². The molecule has 1 saturated heterocycles. The average molecular weight is 285 g/mol. The molecule has 2 heterocycles. The molecule has 0 atom stereocenters. The second-order valence-corrected chi connectivity index (χ2v) is 5.80. The van der Waals surface area contributed by atoms with Crippen molar-refractivity contribution in [3.63, 3.8) is 0 Å². The molecule has 1 aliphatic heterocycles. The van der Waals surface area contributed by atoms with Gasteiger partial charge in [0.1, 0.15) is 12.1 Å². The lowest BCUT2D eigenvalue weighted by molar-refractivity contribution is 0.176. The highest BCUT2D eigenvalue weighted by Gasteiger charge is 2.19. The standard InChI is InChI=1S/C17H20FN3/c18-17-3-1-14(2-4-17)9-15-5-7-21(8-6-15)12-16-10-19-13-20-11-16/h1-4,10-11,13,15H,5-9,12H2. The fourth-order valence-electron chi connectivity index (χ4n) is 2.97. The molecule has 0 aliphatic carbocycles. The van der Waals surface area contributed by atoms with Crippen molar-refractivity contribution in [2.45, 2.75) is 25.8 Å². The minimum Gasteiger partial charge on any atom is -0.299 e. The summed E-state index contributed by atoms with van der Waals surface area (Å²) < 4.78 is 12.9. The molecule has 1 fully saturated rings. The van der Waals surface area contributed by atoms with Crippen molar-refractivity contribution in [1.29, 1.82) is 0 Å². The van der Waals surface area contributed by atoms with Crippen LogP contribution >= 0.6 is 0 Å². The van der Waals surface area contributed by atoms with E-state index in [0.717, 1.165) is 26.1 Å². The molecule has 3 rings (SSSR count). The highest BCUT2D eigenvalue weighted by Crippen LogP contribution is 2.22. The molecule has 0 saturated carbocycles. The van der Waals surface area contributed by atoms with Crippen molar-refractivity contribution in [3.05, 3.63) is 59.9 Å². The van der Waals surface area contributed by atoms with Gasteiger partial charge in [0.15, 0.2) is 0 Å². The van der Waals surface area contributed by atoms with E-state index in [-0.39, 0.29) is 5.82 Å². The Labute approximate surface area is 124 Å². The SMILES string of the molecule is Fc1ccc(CC2CCN(Cc3cncnc3)CC2)cc1. The first-order valence-electron chi connectivity index (χ1n) is 7.50. The first-order valence-corrected chi connectivity index (χ1v) is 7.50. The van der Waals surface area contributed by atoms with Crippen LogP contribution in [-0.4, -0.2) is 28.0 Å². The van der Waals surface area contributed by atoms with Crippen LogP contribution in [0.25, 0.3) is 0 Å². The van der Waals surface area contributed by atoms with E-state index in [1.54, 1.807) is 18.5 Å². The maximum Gasteiger partial charge on any atom is 0.123 e. The molecule has 0 amide bonds. The summed E-state index contributed by atoms with van der Waals surface area (Å²) in [7, 11) is 0. The van der Waals surface area contributed by atoms with Crippen molar-refractivity contribution in [2.75, 3.05) is 13.1 Å². The molecule has 4 heteroatoms. The van der Waals surface area contributed by atoms with E-state index in [2.05, 4.69) is 14.9 Å². The molecular formula is C17H20FN3. The molecule has 0 bridgehead atoms. The molecule has 3 nitrogen and oxygen atoms in total. The van der Waals surface area contributed by atoms with Crippen LogP contribution in [0.15, 0.2) is 43.0 Å². The van der Waals surface area contributed by atoms with Crippen LogP contribution in [0, 0.1) is 11.7 Å². The first kappa shape index (κ1) is 14.1. The molecule has 1 aromatic carbocycles. The Balaban J connectivity index is 1.47. The van der Waals surface area contributed by atoms with Gasteiger partial charge in [-0.15, -0.1) is 0 Å². The lowest BCUT2D eigenvalue weighted by Gasteiger charge is -2.31. The number of rotatable bonds is 4. The fourth-order valence-corrected chi connectivity index (χ4v) is 2.97. The summed E-state index contributed by atoms with van der Waals surface area (Å²) in [6.45, 7) is 3.16. The topological polar surface area (TPSA) is 29.0 Å². The fraction of sp³-hybridized carbons (Fsp3) is 0.412. The number of halogens is 1. The Hall–Kier alpha value is -1.81. The molecule has 0 N–H and O–H groups in total. The maximum atomic E-state index is 12.9. The third-order valence-corrected chi connectivity index (χ3v) is 4.17. The molecular weight excluding hydrogens is 265 g/mol. The maximum absolute atomic E-state index is 12.9. The zero-order chi connectivity index (χ0) is 14.5. The van der Waals surface area contributed by atoms with Crippen molar-refractivity contribution in [1.82, 2.24) is 14.9 Å². The Morgan fingerprint density at radius 2 is 1.67 bits per heavy atom. The van der Waals surface area contributed by atoms with E-state index >= 15 is 0 Å². The van der Waals surface area contributed by atoms with Crippen molar-refractivity contribution < 1.29 is 4.39 Å². The van der Waals surface area contributed by atoms with Gasteiger partial charge in [-0.1, -0.05) is 12.1 Å². The van der Waals surface area contributed by atoms with Gasteiger partial charge in [0.05, 0.1) is 0 Å². The number of piperidine rings is 1. The van der Waals surface area contributed by atoms with Gasteiger partial charge < -0.3 is 0 Å². The van der Waals surface area contributed by atoms with Gasteiger partial charge >= 0.3 is 0 Å². The molecule has 1 aliphatic rings. The van der Waals surface area contributed by atoms with Crippen LogP contribution < -0.4 is 0 Å². The molecule has 0 radical (unpaired) electrons. The minimum absolute atomic E-state index is 0.154. The molecule has 0 unspecified atom stereocenters. The van der Waals surface area contributed by atoms with Crippen LogP contribution in [0.5, 0.6) is 0 Å². The third kappa shape index (κ3) is 4.08. The number of hydrogen-bond acceptors (Lipinski definition) is 3. The Kier molecular flexibility index (Phi) is 4.55. The molecule has 1 aromatic heterocycles. The van der Waals surface area contributed by atoms with E-state index in [1.165, 1.54) is 24.0 Å². The predicted octanol–water partition coefficient (Wildman–Crippen LogP) is 3.07. The van der Waals surface area contributed by atoms with Crippen LogP contribution in [0.4, 0.5) is 4.39 Å². The number of hydrogen-bond donors (Lipinski definition) is 0. The third-order valence-electron chi connectivity index (χ3n) is 4.17. The monoisotopic (exact) mass is 285 g/mol. The van der Waals surface area contributed by atoms with Crippen LogP contribution in [-0.2, 0) is 13.0 Å². The Morgan fingerprint density at radius 3 is 2.33 bits per heavy atom. The van der Waals surface area contributed by atoms with Crippen molar-refractivity contribution in [3.8, 4) is 0 Å². The van der Waals surface area contributed by atoms with Gasteiger partial charge in [-0.3, -0.25) is 4.90 Å². The summed E-state index contributed by atoms with van der Waals surface area (Å²) in [6, 6.07) is 6.92. The lowest BCUT2D eigenvalue weighted by atomic mass is 9.90. The summed E-state index contributed by atoms with van der Waals surface area (Å²) in [5, 5.41) is 0. The number of likely N-dealkylation sites (tertiary alicyclic amines) is 1. The molecule has 2 aromatic rings. The number of aromatic nitrogens is 2. The smallest absolute Gasteiger partial charge is 0.123 e. The largest absolute Gasteiger partial charge is 0.299 e. The van der Waals surface area contributed by atoms with Crippen molar-refractivity contribution >= 4 is 0 Å². The van der Waals surface area contributed by atoms with E-state index in [9.17, 15) is 4.39 Å². The Morgan fingerprint density at radius 1 is 1.00 bits per heavy atom. The van der Waals surface area contributed by atoms with Gasteiger partial charge in [0.25, 0.3) is 0 Å². The quantitative estimate of drug-likeness (QED) is 0.864. The molecule has 21 heavy (non-hydrogen) atoms. The van der Waals surface area contributed by atoms with Crippen LogP contribution in [0.2, 0.25) is 0 Å². The number of benzene rings is 1. The van der Waals surface area contributed by atoms with E-state index in [4.69, 9.17) is 0 Å². The normalized spacial score (nSPS) is 17.0. The highest BCUT2D eigenvalue weighted by atomic mass is 19.1. The summed E-state index contributed by atoms with van der Waals surface area (Å²) in [5.41, 5.74) is 2.42. The van der Waals surface area contributed by atoms with Crippen molar-refractivity contribution in [2.24, 2.45) is 5.92 Å². The van der Waals surface area contributed by atoms with Gasteiger partial charge in [-0.2, -0.15) is 0 Å². The Bertz CT molecular complexity index is 548. The van der Waals surface area contributed by atoms with Gasteiger partial charge in [-0.25, -0.2) is 14.4 Å². The van der Waals surface area contributed by atoms with Gasteiger partial charge in [0, 0.05) is 24.5 Å². The summed E-state index contributed by atoms with van der Waals surface area (Å²) in [4.78, 5) is 10.6. The molecule has 110 valence electrons. The molecule has 0 spiro atoms. The van der Waals surface area contributed by atoms with Gasteiger partial charge in [-0.05, 0) is 56.0 Å². The summed E-state index contributed by atoms with van der Waals surface area (Å²) in [5.74, 6) is 0.553. The second kappa shape index (κ2) is 6.76. The van der Waals surface area contributed by atoms with Crippen LogP contribution in [0.1, 0.15) is 24.0 Å². The average Bonchev–Trinajstić information content (AvgIpc) is 2.53. The predicted molar refractivity (Wildman–Crippen MR) is 80.1 cm³/mol. The van der Waals surface area contributed by atoms with E-state index in [1.807, 2.05) is 24.5 Å². The lowest BCUT2D eigenvalue weighted by Crippen LogP contribution is -2.33. The first-order chi connectivity index (χ1) is 10.3.